The summed E-state index contributed by atoms with van der Waals surface area (Å²) < 4.78 is 0. The highest BCUT2D eigenvalue weighted by Crippen LogP contribution is 2.41. The lowest BCUT2D eigenvalue weighted by atomic mass is 9.86. The number of pyridine rings is 1. The first-order valence-electron chi connectivity index (χ1n) is 10.9. The summed E-state index contributed by atoms with van der Waals surface area (Å²) in [6.07, 6.45) is 4.28. The van der Waals surface area contributed by atoms with E-state index in [0.717, 1.165) is 31.4 Å². The van der Waals surface area contributed by atoms with Crippen LogP contribution in [0.25, 0.3) is 0 Å². The van der Waals surface area contributed by atoms with Gasteiger partial charge in [-0.05, 0) is 54.9 Å². The third-order valence-corrected chi connectivity index (χ3v) is 12.8. The Morgan fingerprint density at radius 3 is 2.32 bits per heavy atom. The molecule has 1 amide bonds. The number of rotatable bonds is 5. The molecule has 0 saturated heterocycles. The topological polar surface area (TPSA) is 42.0 Å². The van der Waals surface area contributed by atoms with E-state index in [4.69, 9.17) is 0 Å². The highest BCUT2D eigenvalue weighted by molar-refractivity contribution is 6.90. The zero-order chi connectivity index (χ0) is 20.9. The van der Waals surface area contributed by atoms with Crippen molar-refractivity contribution in [3.8, 4) is 11.5 Å². The Bertz CT molecular complexity index is 708. The van der Waals surface area contributed by atoms with Gasteiger partial charge in [0.1, 0.15) is 13.8 Å². The number of carbonyl (C=O) groups excluding carboxylic acids is 1. The third kappa shape index (κ3) is 5.26. The number of nitrogens with zero attached hydrogens (tertiary/aromatic N) is 1. The van der Waals surface area contributed by atoms with E-state index in [1.54, 1.807) is 6.07 Å². The number of hydrogen-bond donors (Lipinski definition) is 1. The summed E-state index contributed by atoms with van der Waals surface area (Å²) in [5, 5.41) is 3.20. The fraction of sp³-hybridized carbons (Fsp3) is 0.667. The second-order valence-electron chi connectivity index (χ2n) is 9.36. The monoisotopic (exact) mass is 398 g/mol. The molecule has 1 aliphatic carbocycles. The van der Waals surface area contributed by atoms with Gasteiger partial charge in [0.05, 0.1) is 0 Å². The molecule has 0 aliphatic heterocycles. The van der Waals surface area contributed by atoms with Gasteiger partial charge in [-0.2, -0.15) is 0 Å². The maximum atomic E-state index is 12.6. The van der Waals surface area contributed by atoms with Crippen LogP contribution in [0.1, 0.15) is 83.4 Å². The van der Waals surface area contributed by atoms with Crippen molar-refractivity contribution in [3.05, 3.63) is 29.6 Å². The number of amides is 1. The SMILES string of the molecule is Cc1cccc(C(=O)NC2CCCC(C#C[Si](C(C)C)(C(C)C)C(C)C)C2)n1. The van der Waals surface area contributed by atoms with E-state index in [1.165, 1.54) is 0 Å². The van der Waals surface area contributed by atoms with Crippen molar-refractivity contribution >= 4 is 14.0 Å². The van der Waals surface area contributed by atoms with Crippen molar-refractivity contribution in [2.75, 3.05) is 0 Å². The Kier molecular flexibility index (Phi) is 7.89. The van der Waals surface area contributed by atoms with Gasteiger partial charge in [-0.25, -0.2) is 4.98 Å². The molecule has 0 radical (unpaired) electrons. The molecule has 1 N–H and O–H groups in total. The number of carbonyl (C=O) groups is 1. The molecule has 2 unspecified atom stereocenters. The largest absolute Gasteiger partial charge is 0.348 e. The Labute approximate surface area is 173 Å². The van der Waals surface area contributed by atoms with Gasteiger partial charge in [-0.15, -0.1) is 11.5 Å². The molecule has 2 rings (SSSR count). The normalized spacial score (nSPS) is 20.2. The summed E-state index contributed by atoms with van der Waals surface area (Å²) in [6, 6.07) is 5.80. The van der Waals surface area contributed by atoms with Crippen molar-refractivity contribution in [3.63, 3.8) is 0 Å². The zero-order valence-electron chi connectivity index (χ0n) is 18.8. The number of hydrogen-bond acceptors (Lipinski definition) is 2. The molecule has 0 bridgehead atoms. The molecule has 2 atom stereocenters. The number of aryl methyl sites for hydroxylation is 1. The van der Waals surface area contributed by atoms with E-state index in [1.807, 2.05) is 19.1 Å². The van der Waals surface area contributed by atoms with Gasteiger partial charge in [0.15, 0.2) is 0 Å². The van der Waals surface area contributed by atoms with Crippen LogP contribution >= 0.6 is 0 Å². The quantitative estimate of drug-likeness (QED) is 0.495. The summed E-state index contributed by atoms with van der Waals surface area (Å²) in [7, 11) is -1.68. The molecule has 1 fully saturated rings. The highest BCUT2D eigenvalue weighted by atomic mass is 28.3. The van der Waals surface area contributed by atoms with Crippen LogP contribution in [0.4, 0.5) is 0 Å². The average Bonchev–Trinajstić information content (AvgIpc) is 2.61. The summed E-state index contributed by atoms with van der Waals surface area (Å²) in [5.41, 5.74) is 7.24. The first kappa shape index (κ1) is 22.7. The van der Waals surface area contributed by atoms with Crippen LogP contribution in [0.2, 0.25) is 16.6 Å². The second kappa shape index (κ2) is 9.74. The smallest absolute Gasteiger partial charge is 0.270 e. The molecule has 1 aromatic heterocycles. The van der Waals surface area contributed by atoms with Crippen LogP contribution in [0.15, 0.2) is 18.2 Å². The molecule has 4 heteroatoms. The van der Waals surface area contributed by atoms with Gasteiger partial charge in [-0.1, -0.05) is 54.0 Å². The van der Waals surface area contributed by atoms with Crippen LogP contribution < -0.4 is 5.32 Å². The number of aromatic nitrogens is 1. The summed E-state index contributed by atoms with van der Waals surface area (Å²) >= 11 is 0. The molecular formula is C24H38N2OSi. The van der Waals surface area contributed by atoms with E-state index in [2.05, 4.69) is 63.3 Å². The average molecular weight is 399 g/mol. The maximum Gasteiger partial charge on any atom is 0.270 e. The van der Waals surface area contributed by atoms with Gasteiger partial charge >= 0.3 is 0 Å². The molecule has 1 saturated carbocycles. The predicted molar refractivity (Wildman–Crippen MR) is 121 cm³/mol. The molecule has 1 aliphatic rings. The van der Waals surface area contributed by atoms with Crippen molar-refractivity contribution in [2.24, 2.45) is 5.92 Å². The Balaban J connectivity index is 2.09. The first-order valence-corrected chi connectivity index (χ1v) is 13.2. The van der Waals surface area contributed by atoms with Crippen molar-refractivity contribution < 1.29 is 4.79 Å². The van der Waals surface area contributed by atoms with E-state index < -0.39 is 8.07 Å². The Morgan fingerprint density at radius 1 is 1.11 bits per heavy atom. The van der Waals surface area contributed by atoms with Gasteiger partial charge in [0.25, 0.3) is 5.91 Å². The minimum Gasteiger partial charge on any atom is -0.348 e. The summed E-state index contributed by atoms with van der Waals surface area (Å²) in [6.45, 7) is 16.1. The standard InChI is InChI=1S/C24H38N2OSi/c1-17(2)28(18(3)4,19(5)6)15-14-21-11-9-12-22(16-21)26-24(27)23-13-8-10-20(7)25-23/h8,10,13,17-19,21-22H,9,11-12,16H2,1-7H3,(H,26,27). The van der Waals surface area contributed by atoms with Gasteiger partial charge in [0, 0.05) is 17.7 Å². The number of nitrogens with one attached hydrogen (secondary N) is 1. The van der Waals surface area contributed by atoms with Crippen LogP contribution in [0.5, 0.6) is 0 Å². The highest BCUT2D eigenvalue weighted by Gasteiger charge is 2.41. The van der Waals surface area contributed by atoms with E-state index in [9.17, 15) is 4.79 Å². The van der Waals surface area contributed by atoms with Crippen molar-refractivity contribution in [1.82, 2.24) is 10.3 Å². The first-order chi connectivity index (χ1) is 13.2. The fourth-order valence-corrected chi connectivity index (χ4v) is 10.4. The predicted octanol–water partition coefficient (Wildman–Crippen LogP) is 5.90. The molecule has 28 heavy (non-hydrogen) atoms. The van der Waals surface area contributed by atoms with Crippen LogP contribution in [0, 0.1) is 24.3 Å². The van der Waals surface area contributed by atoms with Crippen molar-refractivity contribution in [2.45, 2.75) is 96.8 Å². The molecular weight excluding hydrogens is 360 g/mol. The Morgan fingerprint density at radius 2 is 1.75 bits per heavy atom. The van der Waals surface area contributed by atoms with Crippen molar-refractivity contribution in [1.29, 1.82) is 0 Å². The minimum absolute atomic E-state index is 0.0578. The third-order valence-electron chi connectivity index (χ3n) is 6.49. The van der Waals surface area contributed by atoms with Crippen LogP contribution in [0.3, 0.4) is 0 Å². The maximum absolute atomic E-state index is 12.6. The molecule has 154 valence electrons. The zero-order valence-corrected chi connectivity index (χ0v) is 19.8. The second-order valence-corrected chi connectivity index (χ2v) is 14.9. The van der Waals surface area contributed by atoms with Gasteiger partial charge in [0.2, 0.25) is 0 Å². The molecule has 1 heterocycles. The lowest BCUT2D eigenvalue weighted by Crippen LogP contribution is -2.43. The fourth-order valence-electron chi connectivity index (χ4n) is 5.04. The van der Waals surface area contributed by atoms with Gasteiger partial charge in [-0.3, -0.25) is 4.79 Å². The summed E-state index contributed by atoms with van der Waals surface area (Å²) in [4.78, 5) is 16.9. The Hall–Kier alpha value is -1.60. The minimum atomic E-state index is -1.68. The molecule has 0 aromatic carbocycles. The molecule has 0 spiro atoms. The van der Waals surface area contributed by atoms with Crippen LogP contribution in [-0.4, -0.2) is 25.0 Å². The van der Waals surface area contributed by atoms with E-state index in [-0.39, 0.29) is 11.9 Å². The summed E-state index contributed by atoms with van der Waals surface area (Å²) in [5.74, 6) is 4.04. The van der Waals surface area contributed by atoms with Crippen LogP contribution in [-0.2, 0) is 0 Å². The molecule has 1 aromatic rings. The van der Waals surface area contributed by atoms with E-state index >= 15 is 0 Å². The lowest BCUT2D eigenvalue weighted by molar-refractivity contribution is 0.0918. The molecule has 3 nitrogen and oxygen atoms in total. The lowest BCUT2D eigenvalue weighted by Gasteiger charge is -2.38. The van der Waals surface area contributed by atoms with E-state index in [0.29, 0.717) is 28.2 Å². The van der Waals surface area contributed by atoms with Gasteiger partial charge < -0.3 is 5.32 Å².